The number of hydrogen-bond acceptors (Lipinski definition) is 4. The van der Waals surface area contributed by atoms with Gasteiger partial charge in [0.25, 0.3) is 0 Å². The van der Waals surface area contributed by atoms with E-state index in [-0.39, 0.29) is 6.61 Å². The van der Waals surface area contributed by atoms with Gasteiger partial charge in [0.1, 0.15) is 0 Å². The molecule has 0 amide bonds. The molecule has 2 rings (SSSR count). The maximum atomic E-state index is 8.90. The second-order valence-corrected chi connectivity index (χ2v) is 2.93. The van der Waals surface area contributed by atoms with Crippen molar-refractivity contribution in [2.45, 2.75) is 6.61 Å². The van der Waals surface area contributed by atoms with Crippen LogP contribution in [0.2, 0.25) is 0 Å². The lowest BCUT2D eigenvalue weighted by atomic mass is 10.3. The Morgan fingerprint density at radius 3 is 3.00 bits per heavy atom. The summed E-state index contributed by atoms with van der Waals surface area (Å²) in [5.74, 6) is 0.588. The van der Waals surface area contributed by atoms with Crippen LogP contribution in [0.15, 0.2) is 24.7 Å². The Labute approximate surface area is 81.1 Å². The highest BCUT2D eigenvalue weighted by molar-refractivity contribution is 5.51. The van der Waals surface area contributed by atoms with Crippen LogP contribution >= 0.6 is 0 Å². The van der Waals surface area contributed by atoms with Crippen LogP contribution in [0, 0.1) is 0 Å². The van der Waals surface area contributed by atoms with Gasteiger partial charge in [-0.25, -0.2) is 9.97 Å². The smallest absolute Gasteiger partial charge is 0.162 e. The lowest BCUT2D eigenvalue weighted by Gasteiger charge is -1.97. The SMILES string of the molecule is Cn1cc(-c2nccc(CO)n2)cn1. The molecular formula is C9H10N4O. The van der Waals surface area contributed by atoms with E-state index in [1.165, 1.54) is 0 Å². The second-order valence-electron chi connectivity index (χ2n) is 2.93. The minimum absolute atomic E-state index is 0.0736. The monoisotopic (exact) mass is 190 g/mol. The average Bonchev–Trinajstić information content (AvgIpc) is 2.65. The van der Waals surface area contributed by atoms with Crippen molar-refractivity contribution in [2.75, 3.05) is 0 Å². The summed E-state index contributed by atoms with van der Waals surface area (Å²) < 4.78 is 1.68. The normalized spacial score (nSPS) is 10.4. The highest BCUT2D eigenvalue weighted by Gasteiger charge is 2.03. The van der Waals surface area contributed by atoms with E-state index in [1.54, 1.807) is 23.1 Å². The van der Waals surface area contributed by atoms with Crippen LogP contribution in [0.3, 0.4) is 0 Å². The Balaban J connectivity index is 2.41. The molecule has 0 aliphatic carbocycles. The lowest BCUT2D eigenvalue weighted by molar-refractivity contribution is 0.277. The van der Waals surface area contributed by atoms with Crippen molar-refractivity contribution in [1.82, 2.24) is 19.7 Å². The molecule has 72 valence electrons. The topological polar surface area (TPSA) is 63.8 Å². The lowest BCUT2D eigenvalue weighted by Crippen LogP contribution is -1.93. The Morgan fingerprint density at radius 1 is 1.50 bits per heavy atom. The molecule has 0 bridgehead atoms. The van der Waals surface area contributed by atoms with Crippen LogP contribution in [0.25, 0.3) is 11.4 Å². The highest BCUT2D eigenvalue weighted by atomic mass is 16.3. The fraction of sp³-hybridized carbons (Fsp3) is 0.222. The van der Waals surface area contributed by atoms with Gasteiger partial charge in [-0.15, -0.1) is 0 Å². The number of rotatable bonds is 2. The molecule has 0 aliphatic heterocycles. The van der Waals surface area contributed by atoms with Gasteiger partial charge in [-0.1, -0.05) is 0 Å². The van der Waals surface area contributed by atoms with Gasteiger partial charge in [-0.05, 0) is 6.07 Å². The van der Waals surface area contributed by atoms with Crippen molar-refractivity contribution in [2.24, 2.45) is 7.05 Å². The molecule has 0 unspecified atom stereocenters. The van der Waals surface area contributed by atoms with Crippen LogP contribution in [0.5, 0.6) is 0 Å². The maximum absolute atomic E-state index is 8.90. The molecule has 5 heteroatoms. The van der Waals surface area contributed by atoms with Gasteiger partial charge in [-0.3, -0.25) is 4.68 Å². The third-order valence-corrected chi connectivity index (χ3v) is 1.84. The minimum Gasteiger partial charge on any atom is -0.390 e. The van der Waals surface area contributed by atoms with Crippen LogP contribution in [0.1, 0.15) is 5.69 Å². The van der Waals surface area contributed by atoms with Crippen molar-refractivity contribution in [3.05, 3.63) is 30.4 Å². The van der Waals surface area contributed by atoms with Crippen molar-refractivity contribution in [1.29, 1.82) is 0 Å². The van der Waals surface area contributed by atoms with Gasteiger partial charge in [0.2, 0.25) is 0 Å². The molecule has 14 heavy (non-hydrogen) atoms. The number of aliphatic hydroxyl groups excluding tert-OH is 1. The second kappa shape index (κ2) is 3.55. The van der Waals surface area contributed by atoms with Crippen molar-refractivity contribution in [3.63, 3.8) is 0 Å². The predicted octanol–water partition coefficient (Wildman–Crippen LogP) is 0.369. The molecule has 0 spiro atoms. The molecule has 0 saturated carbocycles. The predicted molar refractivity (Wildman–Crippen MR) is 50.2 cm³/mol. The van der Waals surface area contributed by atoms with Crippen LogP contribution < -0.4 is 0 Å². The Kier molecular flexibility index (Phi) is 2.24. The summed E-state index contributed by atoms with van der Waals surface area (Å²) in [6.45, 7) is -0.0736. The van der Waals surface area contributed by atoms with Gasteiger partial charge in [-0.2, -0.15) is 5.10 Å². The molecule has 5 nitrogen and oxygen atoms in total. The summed E-state index contributed by atoms with van der Waals surface area (Å²) in [4.78, 5) is 8.26. The summed E-state index contributed by atoms with van der Waals surface area (Å²) in [6, 6.07) is 1.68. The first kappa shape index (κ1) is 8.83. The zero-order chi connectivity index (χ0) is 9.97. The number of hydrogen-bond donors (Lipinski definition) is 1. The van der Waals surface area contributed by atoms with E-state index in [4.69, 9.17) is 5.11 Å². The van der Waals surface area contributed by atoms with E-state index >= 15 is 0 Å². The summed E-state index contributed by atoms with van der Waals surface area (Å²) >= 11 is 0. The van der Waals surface area contributed by atoms with Crippen molar-refractivity contribution < 1.29 is 5.11 Å². The first-order valence-electron chi connectivity index (χ1n) is 4.21. The number of aryl methyl sites for hydroxylation is 1. The number of aliphatic hydroxyl groups is 1. The van der Waals surface area contributed by atoms with Gasteiger partial charge >= 0.3 is 0 Å². The van der Waals surface area contributed by atoms with E-state index in [9.17, 15) is 0 Å². The van der Waals surface area contributed by atoms with E-state index < -0.39 is 0 Å². The van der Waals surface area contributed by atoms with E-state index in [2.05, 4.69) is 15.1 Å². The van der Waals surface area contributed by atoms with Crippen LogP contribution in [-0.4, -0.2) is 24.9 Å². The third-order valence-electron chi connectivity index (χ3n) is 1.84. The maximum Gasteiger partial charge on any atom is 0.162 e. The fourth-order valence-electron chi connectivity index (χ4n) is 1.16. The molecular weight excluding hydrogens is 180 g/mol. The Hall–Kier alpha value is -1.75. The number of nitrogens with zero attached hydrogens (tertiary/aromatic N) is 4. The standard InChI is InChI=1S/C9H10N4O/c1-13-5-7(4-11-13)9-10-3-2-8(6-14)12-9/h2-5,14H,6H2,1H3. The molecule has 2 aromatic rings. The average molecular weight is 190 g/mol. The van der Waals surface area contributed by atoms with Crippen molar-refractivity contribution >= 4 is 0 Å². The molecule has 0 atom stereocenters. The van der Waals surface area contributed by atoms with E-state index in [0.717, 1.165) is 5.56 Å². The van der Waals surface area contributed by atoms with Gasteiger partial charge < -0.3 is 5.11 Å². The van der Waals surface area contributed by atoms with Gasteiger partial charge in [0.15, 0.2) is 5.82 Å². The zero-order valence-corrected chi connectivity index (χ0v) is 7.75. The van der Waals surface area contributed by atoms with Crippen molar-refractivity contribution in [3.8, 4) is 11.4 Å². The summed E-state index contributed by atoms with van der Waals surface area (Å²) in [7, 11) is 1.83. The number of aromatic nitrogens is 4. The van der Waals surface area contributed by atoms with Crippen LogP contribution in [-0.2, 0) is 13.7 Å². The fourth-order valence-corrected chi connectivity index (χ4v) is 1.16. The Bertz CT molecular complexity index is 438. The van der Waals surface area contributed by atoms with Gasteiger partial charge in [0, 0.05) is 19.4 Å². The molecule has 2 heterocycles. The summed E-state index contributed by atoms with van der Waals surface area (Å²) in [5, 5.41) is 12.9. The first-order chi connectivity index (χ1) is 6.79. The largest absolute Gasteiger partial charge is 0.390 e. The summed E-state index contributed by atoms with van der Waals surface area (Å²) in [5.41, 5.74) is 1.46. The third kappa shape index (κ3) is 1.62. The van der Waals surface area contributed by atoms with E-state index in [1.807, 2.05) is 13.2 Å². The molecule has 0 saturated heterocycles. The quantitative estimate of drug-likeness (QED) is 0.743. The summed E-state index contributed by atoms with van der Waals surface area (Å²) in [6.07, 6.45) is 5.15. The Morgan fingerprint density at radius 2 is 2.36 bits per heavy atom. The van der Waals surface area contributed by atoms with E-state index in [0.29, 0.717) is 11.5 Å². The van der Waals surface area contributed by atoms with Crippen LogP contribution in [0.4, 0.5) is 0 Å². The molecule has 0 fully saturated rings. The first-order valence-corrected chi connectivity index (χ1v) is 4.21. The highest BCUT2D eigenvalue weighted by Crippen LogP contribution is 2.12. The molecule has 2 aromatic heterocycles. The molecule has 1 N–H and O–H groups in total. The molecule has 0 aliphatic rings. The molecule has 0 aromatic carbocycles. The molecule has 0 radical (unpaired) electrons. The minimum atomic E-state index is -0.0736. The van der Waals surface area contributed by atoms with Gasteiger partial charge in [0.05, 0.1) is 24.1 Å². The zero-order valence-electron chi connectivity index (χ0n) is 7.75.